The molecule has 2 heterocycles. The van der Waals surface area contributed by atoms with Gasteiger partial charge in [0.05, 0.1) is 29.1 Å². The minimum atomic E-state index is -3.50. The molecule has 1 fully saturated rings. The van der Waals surface area contributed by atoms with Gasteiger partial charge in [-0.1, -0.05) is 17.8 Å². The van der Waals surface area contributed by atoms with E-state index in [1.54, 1.807) is 23.9 Å². The van der Waals surface area contributed by atoms with Crippen molar-refractivity contribution in [1.82, 2.24) is 13.9 Å². The Bertz CT molecular complexity index is 840. The standard InChI is InChI=1S/C16H21N3O3S2/c1-3-11-23-16-17-14-12-13(5-6-15(14)19(16)4-2)24(20,21)18-7-9-22-10-8-18/h3,5-6,12H,1,4,7-11H2,2H3. The van der Waals surface area contributed by atoms with E-state index in [4.69, 9.17) is 4.74 Å². The summed E-state index contributed by atoms with van der Waals surface area (Å²) in [5, 5.41) is 0.883. The fraction of sp³-hybridized carbons (Fsp3) is 0.438. The Labute approximate surface area is 146 Å². The number of morpholine rings is 1. The number of rotatable bonds is 6. The molecule has 2 aromatic rings. The van der Waals surface area contributed by atoms with E-state index >= 15 is 0 Å². The highest BCUT2D eigenvalue weighted by molar-refractivity contribution is 7.99. The number of hydrogen-bond acceptors (Lipinski definition) is 5. The molecular formula is C16H21N3O3S2. The number of aromatic nitrogens is 2. The van der Waals surface area contributed by atoms with E-state index in [0.29, 0.717) is 31.8 Å². The first-order valence-electron chi connectivity index (χ1n) is 7.89. The Balaban J connectivity index is 2.00. The van der Waals surface area contributed by atoms with Crippen LogP contribution in [0.25, 0.3) is 11.0 Å². The van der Waals surface area contributed by atoms with Crippen molar-refractivity contribution in [2.75, 3.05) is 32.1 Å². The highest BCUT2D eigenvalue weighted by Crippen LogP contribution is 2.27. The first-order chi connectivity index (χ1) is 11.6. The average Bonchev–Trinajstić information content (AvgIpc) is 2.97. The maximum absolute atomic E-state index is 12.8. The molecule has 0 spiro atoms. The average molecular weight is 367 g/mol. The maximum Gasteiger partial charge on any atom is 0.243 e. The Morgan fingerprint density at radius 3 is 2.79 bits per heavy atom. The molecule has 1 aromatic heterocycles. The Hall–Kier alpha value is -1.35. The second-order valence-corrected chi connectivity index (χ2v) is 8.33. The van der Waals surface area contributed by atoms with Crippen molar-refractivity contribution in [2.24, 2.45) is 0 Å². The fourth-order valence-electron chi connectivity index (χ4n) is 2.73. The Morgan fingerprint density at radius 1 is 1.38 bits per heavy atom. The number of nitrogens with zero attached hydrogens (tertiary/aromatic N) is 3. The maximum atomic E-state index is 12.8. The first-order valence-corrected chi connectivity index (χ1v) is 10.3. The zero-order valence-electron chi connectivity index (χ0n) is 13.6. The lowest BCUT2D eigenvalue weighted by molar-refractivity contribution is 0.0730. The summed E-state index contributed by atoms with van der Waals surface area (Å²) in [7, 11) is -3.50. The number of sulfonamides is 1. The molecule has 0 saturated carbocycles. The van der Waals surface area contributed by atoms with Gasteiger partial charge in [-0.3, -0.25) is 0 Å². The van der Waals surface area contributed by atoms with E-state index in [1.807, 2.05) is 12.1 Å². The van der Waals surface area contributed by atoms with Crippen molar-refractivity contribution >= 4 is 32.8 Å². The monoisotopic (exact) mass is 367 g/mol. The molecule has 8 heteroatoms. The van der Waals surface area contributed by atoms with Gasteiger partial charge in [-0.15, -0.1) is 6.58 Å². The molecule has 6 nitrogen and oxygen atoms in total. The predicted molar refractivity (Wildman–Crippen MR) is 95.9 cm³/mol. The van der Waals surface area contributed by atoms with E-state index in [9.17, 15) is 8.42 Å². The van der Waals surface area contributed by atoms with Gasteiger partial charge in [0.25, 0.3) is 0 Å². The van der Waals surface area contributed by atoms with Gasteiger partial charge in [-0.25, -0.2) is 13.4 Å². The van der Waals surface area contributed by atoms with Gasteiger partial charge < -0.3 is 9.30 Å². The summed E-state index contributed by atoms with van der Waals surface area (Å²) >= 11 is 1.60. The van der Waals surface area contributed by atoms with Crippen LogP contribution in [0.5, 0.6) is 0 Å². The molecule has 0 aliphatic carbocycles. The molecule has 0 radical (unpaired) electrons. The van der Waals surface area contributed by atoms with Crippen LogP contribution in [-0.4, -0.2) is 54.3 Å². The molecule has 130 valence electrons. The lowest BCUT2D eigenvalue weighted by Crippen LogP contribution is -2.40. The molecule has 0 unspecified atom stereocenters. The van der Waals surface area contributed by atoms with Crippen molar-refractivity contribution < 1.29 is 13.2 Å². The smallest absolute Gasteiger partial charge is 0.243 e. The number of aryl methyl sites for hydroxylation is 1. The molecule has 1 aliphatic heterocycles. The zero-order chi connectivity index (χ0) is 17.2. The van der Waals surface area contributed by atoms with Gasteiger partial charge >= 0.3 is 0 Å². The zero-order valence-corrected chi connectivity index (χ0v) is 15.3. The topological polar surface area (TPSA) is 64.4 Å². The quantitative estimate of drug-likeness (QED) is 0.579. The fourth-order valence-corrected chi connectivity index (χ4v) is 4.97. The third kappa shape index (κ3) is 3.23. The Morgan fingerprint density at radius 2 is 2.12 bits per heavy atom. The molecule has 0 atom stereocenters. The molecule has 0 N–H and O–H groups in total. The van der Waals surface area contributed by atoms with Crippen LogP contribution in [-0.2, 0) is 21.3 Å². The van der Waals surface area contributed by atoms with Crippen LogP contribution in [0.2, 0.25) is 0 Å². The lowest BCUT2D eigenvalue weighted by Gasteiger charge is -2.26. The molecule has 0 amide bonds. The van der Waals surface area contributed by atoms with Crippen molar-refractivity contribution in [1.29, 1.82) is 0 Å². The van der Waals surface area contributed by atoms with Crippen LogP contribution in [0.15, 0.2) is 40.9 Å². The van der Waals surface area contributed by atoms with E-state index in [-0.39, 0.29) is 4.90 Å². The van der Waals surface area contributed by atoms with Gasteiger partial charge in [0.1, 0.15) is 0 Å². The van der Waals surface area contributed by atoms with Crippen LogP contribution in [0, 0.1) is 0 Å². The summed E-state index contributed by atoms with van der Waals surface area (Å²) in [6.45, 7) is 8.23. The van der Waals surface area contributed by atoms with Crippen LogP contribution in [0.4, 0.5) is 0 Å². The van der Waals surface area contributed by atoms with E-state index in [1.165, 1.54) is 4.31 Å². The number of ether oxygens (including phenoxy) is 1. The molecule has 1 aromatic carbocycles. The van der Waals surface area contributed by atoms with Crippen molar-refractivity contribution in [3.05, 3.63) is 30.9 Å². The third-order valence-corrected chi connectivity index (χ3v) is 6.81. The van der Waals surface area contributed by atoms with Crippen molar-refractivity contribution in [3.63, 3.8) is 0 Å². The summed E-state index contributed by atoms with van der Waals surface area (Å²) in [6, 6.07) is 5.18. The van der Waals surface area contributed by atoms with Gasteiger partial charge in [0, 0.05) is 25.4 Å². The summed E-state index contributed by atoms with van der Waals surface area (Å²) in [5.41, 5.74) is 1.66. The number of thioether (sulfide) groups is 1. The summed E-state index contributed by atoms with van der Waals surface area (Å²) < 4.78 is 34.4. The van der Waals surface area contributed by atoms with Gasteiger partial charge in [0.2, 0.25) is 10.0 Å². The largest absolute Gasteiger partial charge is 0.379 e. The number of hydrogen-bond donors (Lipinski definition) is 0. The summed E-state index contributed by atoms with van der Waals surface area (Å²) in [5.74, 6) is 0.766. The van der Waals surface area contributed by atoms with Crippen molar-refractivity contribution in [2.45, 2.75) is 23.5 Å². The molecular weight excluding hydrogens is 346 g/mol. The van der Waals surface area contributed by atoms with Crippen molar-refractivity contribution in [3.8, 4) is 0 Å². The third-order valence-electron chi connectivity index (χ3n) is 3.94. The second kappa shape index (κ2) is 7.26. The van der Waals surface area contributed by atoms with E-state index < -0.39 is 10.0 Å². The van der Waals surface area contributed by atoms with E-state index in [0.717, 1.165) is 23.0 Å². The highest BCUT2D eigenvalue weighted by Gasteiger charge is 2.27. The predicted octanol–water partition coefficient (Wildman–Crippen LogP) is 2.36. The number of benzene rings is 1. The first kappa shape index (κ1) is 17.5. The number of fused-ring (bicyclic) bond motifs is 1. The van der Waals surface area contributed by atoms with Crippen LogP contribution < -0.4 is 0 Å². The van der Waals surface area contributed by atoms with Gasteiger partial charge in [-0.2, -0.15) is 4.31 Å². The number of imidazole rings is 1. The van der Waals surface area contributed by atoms with Gasteiger partial charge in [0.15, 0.2) is 5.16 Å². The SMILES string of the molecule is C=CCSc1nc2cc(S(=O)(=O)N3CCOCC3)ccc2n1CC. The lowest BCUT2D eigenvalue weighted by atomic mass is 10.3. The summed E-state index contributed by atoms with van der Waals surface area (Å²) in [6.07, 6.45) is 1.83. The summed E-state index contributed by atoms with van der Waals surface area (Å²) in [4.78, 5) is 4.90. The molecule has 24 heavy (non-hydrogen) atoms. The minimum Gasteiger partial charge on any atom is -0.379 e. The van der Waals surface area contributed by atoms with Crippen LogP contribution in [0.3, 0.4) is 0 Å². The normalized spacial score (nSPS) is 16.5. The van der Waals surface area contributed by atoms with Crippen LogP contribution >= 0.6 is 11.8 Å². The molecule has 3 rings (SSSR count). The second-order valence-electron chi connectivity index (χ2n) is 5.41. The highest BCUT2D eigenvalue weighted by atomic mass is 32.2. The molecule has 0 bridgehead atoms. The molecule has 1 aliphatic rings. The molecule has 1 saturated heterocycles. The van der Waals surface area contributed by atoms with Gasteiger partial charge in [-0.05, 0) is 25.1 Å². The van der Waals surface area contributed by atoms with Crippen LogP contribution in [0.1, 0.15) is 6.92 Å². The minimum absolute atomic E-state index is 0.290. The van der Waals surface area contributed by atoms with E-state index in [2.05, 4.69) is 23.1 Å². The Kier molecular flexibility index (Phi) is 5.29.